The number of nitrogens with one attached hydrogen (secondary N) is 1. The van der Waals surface area contributed by atoms with Crippen molar-refractivity contribution >= 4 is 11.8 Å². The van der Waals surface area contributed by atoms with Crippen LogP contribution in [0.4, 0.5) is 8.78 Å². The maximum Gasteiger partial charge on any atom is 0.129 e. The summed E-state index contributed by atoms with van der Waals surface area (Å²) in [6.45, 7) is 4.11. The van der Waals surface area contributed by atoms with E-state index < -0.39 is 11.6 Å². The van der Waals surface area contributed by atoms with Crippen LogP contribution >= 0.6 is 11.8 Å². The van der Waals surface area contributed by atoms with Crippen LogP contribution in [0.3, 0.4) is 0 Å². The second kappa shape index (κ2) is 8.11. The Hall–Kier alpha value is -0.650. The monoisotopic (exact) mass is 314 g/mol. The number of hydrogen-bond donors (Lipinski definition) is 1. The van der Waals surface area contributed by atoms with Crippen molar-refractivity contribution < 1.29 is 8.78 Å². The molecule has 118 valence electrons. The fourth-order valence-corrected chi connectivity index (χ4v) is 4.04. The van der Waals surface area contributed by atoms with Gasteiger partial charge in [-0.1, -0.05) is 13.0 Å². The van der Waals surface area contributed by atoms with Crippen LogP contribution in [0.1, 0.15) is 18.9 Å². The number of hydrogen-bond acceptors (Lipinski definition) is 3. The molecule has 0 bridgehead atoms. The van der Waals surface area contributed by atoms with E-state index in [0.29, 0.717) is 18.0 Å². The van der Waals surface area contributed by atoms with E-state index in [-0.39, 0.29) is 6.04 Å². The molecule has 1 aromatic carbocycles. The summed E-state index contributed by atoms with van der Waals surface area (Å²) < 4.78 is 26.9. The lowest BCUT2D eigenvalue weighted by molar-refractivity contribution is 0.213. The highest BCUT2D eigenvalue weighted by Crippen LogP contribution is 2.21. The van der Waals surface area contributed by atoms with Crippen molar-refractivity contribution in [3.63, 3.8) is 0 Å². The quantitative estimate of drug-likeness (QED) is 0.869. The Balaban J connectivity index is 2.11. The first-order chi connectivity index (χ1) is 10.1. The second-order valence-corrected chi connectivity index (χ2v) is 6.77. The summed E-state index contributed by atoms with van der Waals surface area (Å²) in [6.07, 6.45) is 1.65. The Bertz CT molecular complexity index is 456. The van der Waals surface area contributed by atoms with Gasteiger partial charge >= 0.3 is 0 Å². The fourth-order valence-electron chi connectivity index (χ4n) is 2.73. The molecule has 1 aliphatic heterocycles. The highest BCUT2D eigenvalue weighted by molar-refractivity contribution is 7.99. The molecule has 0 amide bonds. The molecule has 21 heavy (non-hydrogen) atoms. The lowest BCUT2D eigenvalue weighted by atomic mass is 9.98. The van der Waals surface area contributed by atoms with Gasteiger partial charge in [-0.05, 0) is 38.1 Å². The Kier molecular flexibility index (Phi) is 6.45. The van der Waals surface area contributed by atoms with Crippen LogP contribution in [0.15, 0.2) is 18.2 Å². The van der Waals surface area contributed by atoms with Crippen molar-refractivity contribution in [1.82, 2.24) is 10.2 Å². The standard InChI is InChI=1S/C16H24F2N2S/c1-3-6-19-15(16-11-21-8-7-20(16)2)9-12-4-5-13(17)10-14(12)18/h4-5,10,15-16,19H,3,6-9,11H2,1-2H3. The molecule has 2 unspecified atom stereocenters. The van der Waals surface area contributed by atoms with Crippen molar-refractivity contribution in [3.8, 4) is 0 Å². The number of halogens is 2. The third-order valence-corrected chi connectivity index (χ3v) is 5.07. The lowest BCUT2D eigenvalue weighted by Gasteiger charge is -2.38. The number of thioether (sulfide) groups is 1. The molecule has 1 aromatic rings. The smallest absolute Gasteiger partial charge is 0.129 e. The first-order valence-electron chi connectivity index (χ1n) is 7.57. The minimum atomic E-state index is -0.514. The molecule has 1 heterocycles. The van der Waals surface area contributed by atoms with E-state index in [1.54, 1.807) is 6.07 Å². The van der Waals surface area contributed by atoms with Gasteiger partial charge in [-0.15, -0.1) is 0 Å². The molecule has 2 atom stereocenters. The average molecular weight is 314 g/mol. The Morgan fingerprint density at radius 3 is 2.90 bits per heavy atom. The van der Waals surface area contributed by atoms with Gasteiger partial charge in [0.15, 0.2) is 0 Å². The third-order valence-electron chi connectivity index (χ3n) is 4.02. The second-order valence-electron chi connectivity index (χ2n) is 5.62. The molecule has 0 radical (unpaired) electrons. The first kappa shape index (κ1) is 16.7. The number of nitrogens with zero attached hydrogens (tertiary/aromatic N) is 1. The molecular weight excluding hydrogens is 290 g/mol. The average Bonchev–Trinajstić information content (AvgIpc) is 2.46. The zero-order valence-electron chi connectivity index (χ0n) is 12.7. The first-order valence-corrected chi connectivity index (χ1v) is 8.72. The van der Waals surface area contributed by atoms with Crippen LogP contribution in [-0.4, -0.2) is 48.6 Å². The van der Waals surface area contributed by atoms with Crippen LogP contribution in [0.25, 0.3) is 0 Å². The topological polar surface area (TPSA) is 15.3 Å². The minimum absolute atomic E-state index is 0.197. The Labute approximate surface area is 130 Å². The minimum Gasteiger partial charge on any atom is -0.312 e. The van der Waals surface area contributed by atoms with Crippen LogP contribution < -0.4 is 5.32 Å². The highest BCUT2D eigenvalue weighted by atomic mass is 32.2. The van der Waals surface area contributed by atoms with Crippen molar-refractivity contribution in [2.24, 2.45) is 0 Å². The molecule has 0 aromatic heterocycles. The zero-order chi connectivity index (χ0) is 15.2. The molecule has 0 spiro atoms. The summed E-state index contributed by atoms with van der Waals surface area (Å²) in [5.74, 6) is 1.25. The Morgan fingerprint density at radius 2 is 2.24 bits per heavy atom. The van der Waals surface area contributed by atoms with Gasteiger partial charge in [0.05, 0.1) is 0 Å². The van der Waals surface area contributed by atoms with Gasteiger partial charge in [0, 0.05) is 36.2 Å². The van der Waals surface area contributed by atoms with Crippen molar-refractivity contribution in [2.45, 2.75) is 31.8 Å². The predicted molar refractivity (Wildman–Crippen MR) is 85.9 cm³/mol. The molecule has 0 saturated carbocycles. The molecule has 2 rings (SSSR count). The van der Waals surface area contributed by atoms with E-state index in [1.807, 2.05) is 11.8 Å². The van der Waals surface area contributed by atoms with Gasteiger partial charge in [-0.2, -0.15) is 11.8 Å². The van der Waals surface area contributed by atoms with Gasteiger partial charge in [-0.3, -0.25) is 0 Å². The maximum absolute atomic E-state index is 13.9. The Morgan fingerprint density at radius 1 is 1.43 bits per heavy atom. The summed E-state index contributed by atoms with van der Waals surface area (Å²) in [6, 6.07) is 4.48. The molecule has 1 saturated heterocycles. The van der Waals surface area contributed by atoms with Crippen LogP contribution in [-0.2, 0) is 6.42 Å². The largest absolute Gasteiger partial charge is 0.312 e. The summed E-state index contributed by atoms with van der Waals surface area (Å²) in [4.78, 5) is 2.35. The molecule has 1 N–H and O–H groups in total. The van der Waals surface area contributed by atoms with E-state index in [1.165, 1.54) is 6.07 Å². The lowest BCUT2D eigenvalue weighted by Crippen LogP contribution is -2.53. The summed E-state index contributed by atoms with van der Waals surface area (Å²) in [5, 5.41) is 3.54. The van der Waals surface area contributed by atoms with Gasteiger partial charge in [0.2, 0.25) is 0 Å². The summed E-state index contributed by atoms with van der Waals surface area (Å²) in [7, 11) is 2.13. The number of rotatable bonds is 6. The fraction of sp³-hybridized carbons (Fsp3) is 0.625. The van der Waals surface area contributed by atoms with Crippen LogP contribution in [0.2, 0.25) is 0 Å². The molecule has 1 aliphatic rings. The van der Waals surface area contributed by atoms with Gasteiger partial charge in [-0.25, -0.2) is 8.78 Å². The van der Waals surface area contributed by atoms with E-state index >= 15 is 0 Å². The molecule has 0 aliphatic carbocycles. The molecule has 1 fully saturated rings. The molecule has 2 nitrogen and oxygen atoms in total. The van der Waals surface area contributed by atoms with E-state index in [9.17, 15) is 8.78 Å². The molecule has 5 heteroatoms. The SMILES string of the molecule is CCCNC(Cc1ccc(F)cc1F)C1CSCCN1C. The zero-order valence-corrected chi connectivity index (χ0v) is 13.6. The number of benzene rings is 1. The maximum atomic E-state index is 13.9. The summed E-state index contributed by atoms with van der Waals surface area (Å²) in [5.41, 5.74) is 0.592. The van der Waals surface area contributed by atoms with E-state index in [0.717, 1.165) is 37.1 Å². The normalized spacial score (nSPS) is 21.4. The van der Waals surface area contributed by atoms with E-state index in [2.05, 4.69) is 24.2 Å². The van der Waals surface area contributed by atoms with Crippen molar-refractivity contribution in [2.75, 3.05) is 31.6 Å². The van der Waals surface area contributed by atoms with E-state index in [4.69, 9.17) is 0 Å². The van der Waals surface area contributed by atoms with Gasteiger partial charge < -0.3 is 10.2 Å². The summed E-state index contributed by atoms with van der Waals surface area (Å²) >= 11 is 1.95. The predicted octanol–water partition coefficient (Wildman–Crippen LogP) is 2.92. The van der Waals surface area contributed by atoms with Crippen molar-refractivity contribution in [1.29, 1.82) is 0 Å². The van der Waals surface area contributed by atoms with Crippen molar-refractivity contribution in [3.05, 3.63) is 35.4 Å². The molecular formula is C16H24F2N2S. The number of likely N-dealkylation sites (N-methyl/N-ethyl adjacent to an activating group) is 1. The third kappa shape index (κ3) is 4.66. The van der Waals surface area contributed by atoms with Crippen LogP contribution in [0.5, 0.6) is 0 Å². The van der Waals surface area contributed by atoms with Gasteiger partial charge in [0.1, 0.15) is 11.6 Å². The highest BCUT2D eigenvalue weighted by Gasteiger charge is 2.28. The van der Waals surface area contributed by atoms with Gasteiger partial charge in [0.25, 0.3) is 0 Å². The van der Waals surface area contributed by atoms with Crippen LogP contribution in [0, 0.1) is 11.6 Å².